The molecule has 3 rings (SSSR count). The number of carbonyl (C=O) groups excluding carboxylic acids is 1. The molecule has 0 aliphatic heterocycles. The van der Waals surface area contributed by atoms with Gasteiger partial charge in [0.2, 0.25) is 5.91 Å². The van der Waals surface area contributed by atoms with E-state index in [0.29, 0.717) is 25.9 Å². The number of carbonyl (C=O) groups is 1. The molecule has 0 aliphatic rings. The second-order valence-corrected chi connectivity index (χ2v) is 7.57. The molecular weight excluding hydrogens is 415 g/mol. The van der Waals surface area contributed by atoms with Crippen molar-refractivity contribution in [2.75, 3.05) is 11.1 Å². The van der Waals surface area contributed by atoms with Crippen molar-refractivity contribution >= 4 is 58.2 Å². The van der Waals surface area contributed by atoms with Crippen molar-refractivity contribution in [1.82, 2.24) is 14.8 Å². The molecule has 9 heteroatoms. The maximum absolute atomic E-state index is 12.2. The molecule has 26 heavy (non-hydrogen) atoms. The van der Waals surface area contributed by atoms with Gasteiger partial charge in [0.25, 0.3) is 0 Å². The van der Waals surface area contributed by atoms with Crippen LogP contribution in [0, 0.1) is 6.92 Å². The fourth-order valence-corrected chi connectivity index (χ4v) is 3.50. The molecule has 3 aromatic rings. The van der Waals surface area contributed by atoms with E-state index < -0.39 is 0 Å². The van der Waals surface area contributed by atoms with E-state index in [1.807, 2.05) is 25.1 Å². The van der Waals surface area contributed by atoms with E-state index in [2.05, 4.69) is 15.5 Å². The zero-order valence-corrected chi connectivity index (χ0v) is 16.6. The van der Waals surface area contributed by atoms with Gasteiger partial charge in [-0.05, 0) is 42.8 Å². The molecule has 0 spiro atoms. The fourth-order valence-electron chi connectivity index (χ4n) is 2.14. The molecule has 1 N–H and O–H groups in total. The molecule has 2 aromatic carbocycles. The predicted molar refractivity (Wildman–Crippen MR) is 107 cm³/mol. The third-order valence-electron chi connectivity index (χ3n) is 3.49. The lowest BCUT2D eigenvalue weighted by atomic mass is 10.2. The molecule has 0 atom stereocenters. The highest BCUT2D eigenvalue weighted by Crippen LogP contribution is 2.27. The normalized spacial score (nSPS) is 10.8. The van der Waals surface area contributed by atoms with E-state index in [9.17, 15) is 4.79 Å². The van der Waals surface area contributed by atoms with Gasteiger partial charge in [0, 0.05) is 10.0 Å². The molecule has 5 nitrogen and oxygen atoms in total. The molecule has 1 aromatic heterocycles. The summed E-state index contributed by atoms with van der Waals surface area (Å²) in [6, 6.07) is 10.6. The fraction of sp³-hybridized carbons (Fsp3) is 0.118. The van der Waals surface area contributed by atoms with Crippen LogP contribution in [0.1, 0.15) is 5.56 Å². The summed E-state index contributed by atoms with van der Waals surface area (Å²) in [5, 5.41) is 12.9. The summed E-state index contributed by atoms with van der Waals surface area (Å²) in [5.74, 6) is -0.0623. The average Bonchev–Trinajstić information content (AvgIpc) is 3.06. The van der Waals surface area contributed by atoms with E-state index in [1.54, 1.807) is 29.1 Å². The average molecular weight is 428 g/mol. The molecule has 0 saturated carbocycles. The lowest BCUT2D eigenvalue weighted by molar-refractivity contribution is -0.113. The first kappa shape index (κ1) is 19.0. The number of thioether (sulfide) groups is 1. The molecule has 0 radical (unpaired) electrons. The first-order chi connectivity index (χ1) is 12.4. The summed E-state index contributed by atoms with van der Waals surface area (Å²) in [4.78, 5) is 12.2. The number of benzene rings is 2. The SMILES string of the molecule is Cc1ccc(-n2cnnc2SCC(=O)Nc2ccc(Cl)cc2Cl)cc1Cl. The number of hydrogen-bond acceptors (Lipinski definition) is 4. The molecule has 1 amide bonds. The Morgan fingerprint density at radius 2 is 1.96 bits per heavy atom. The predicted octanol–water partition coefficient (Wildman–Crippen LogP) is 5.27. The molecule has 0 saturated heterocycles. The molecule has 0 fully saturated rings. The summed E-state index contributed by atoms with van der Waals surface area (Å²) in [7, 11) is 0. The number of aromatic nitrogens is 3. The third-order valence-corrected chi connectivity index (χ3v) is 5.39. The van der Waals surface area contributed by atoms with Gasteiger partial charge in [0.15, 0.2) is 5.16 Å². The molecule has 0 aliphatic carbocycles. The van der Waals surface area contributed by atoms with Gasteiger partial charge in [0.05, 0.1) is 22.2 Å². The van der Waals surface area contributed by atoms with Crippen LogP contribution >= 0.6 is 46.6 Å². The van der Waals surface area contributed by atoms with Crippen LogP contribution in [0.2, 0.25) is 15.1 Å². The number of nitrogens with one attached hydrogen (secondary N) is 1. The van der Waals surface area contributed by atoms with Crippen LogP contribution in [0.5, 0.6) is 0 Å². The van der Waals surface area contributed by atoms with Gasteiger partial charge in [-0.15, -0.1) is 10.2 Å². The minimum atomic E-state index is -0.212. The van der Waals surface area contributed by atoms with Crippen LogP contribution in [0.3, 0.4) is 0 Å². The van der Waals surface area contributed by atoms with Crippen molar-refractivity contribution in [3.8, 4) is 5.69 Å². The Morgan fingerprint density at radius 1 is 1.15 bits per heavy atom. The Kier molecular flexibility index (Phi) is 6.09. The van der Waals surface area contributed by atoms with Crippen molar-refractivity contribution in [3.63, 3.8) is 0 Å². The lowest BCUT2D eigenvalue weighted by Crippen LogP contribution is -2.14. The van der Waals surface area contributed by atoms with Crippen molar-refractivity contribution in [1.29, 1.82) is 0 Å². The van der Waals surface area contributed by atoms with Crippen LogP contribution in [0.15, 0.2) is 47.9 Å². The van der Waals surface area contributed by atoms with Crippen LogP contribution < -0.4 is 5.32 Å². The van der Waals surface area contributed by atoms with Gasteiger partial charge in [-0.2, -0.15) is 0 Å². The standard InChI is InChI=1S/C17H13Cl3N4OS/c1-10-2-4-12(7-13(10)19)24-9-21-23-17(24)26-8-16(25)22-15-5-3-11(18)6-14(15)20/h2-7,9H,8H2,1H3,(H,22,25). The van der Waals surface area contributed by atoms with E-state index in [1.165, 1.54) is 11.8 Å². The van der Waals surface area contributed by atoms with Gasteiger partial charge < -0.3 is 5.32 Å². The molecule has 0 bridgehead atoms. The molecular formula is C17H13Cl3N4OS. The maximum Gasteiger partial charge on any atom is 0.234 e. The number of nitrogens with zero attached hydrogens (tertiary/aromatic N) is 3. The lowest BCUT2D eigenvalue weighted by Gasteiger charge is -2.09. The second-order valence-electron chi connectivity index (χ2n) is 5.38. The van der Waals surface area contributed by atoms with Gasteiger partial charge in [-0.1, -0.05) is 52.6 Å². The van der Waals surface area contributed by atoms with Gasteiger partial charge in [-0.3, -0.25) is 9.36 Å². The Balaban J connectivity index is 1.68. The van der Waals surface area contributed by atoms with E-state index in [-0.39, 0.29) is 11.7 Å². The smallest absolute Gasteiger partial charge is 0.234 e. The topological polar surface area (TPSA) is 59.8 Å². The summed E-state index contributed by atoms with van der Waals surface area (Å²) >= 11 is 19.4. The minimum Gasteiger partial charge on any atom is -0.324 e. The van der Waals surface area contributed by atoms with Crippen molar-refractivity contribution in [2.45, 2.75) is 12.1 Å². The van der Waals surface area contributed by atoms with Crippen LogP contribution in [0.25, 0.3) is 5.69 Å². The highest BCUT2D eigenvalue weighted by molar-refractivity contribution is 7.99. The van der Waals surface area contributed by atoms with E-state index in [0.717, 1.165) is 11.3 Å². The highest BCUT2D eigenvalue weighted by atomic mass is 35.5. The number of halogens is 3. The Hall–Kier alpha value is -1.73. The summed E-state index contributed by atoms with van der Waals surface area (Å²) in [6.45, 7) is 1.93. The second kappa shape index (κ2) is 8.31. The summed E-state index contributed by atoms with van der Waals surface area (Å²) in [6.07, 6.45) is 1.58. The first-order valence-electron chi connectivity index (χ1n) is 7.48. The van der Waals surface area contributed by atoms with Crippen LogP contribution in [-0.4, -0.2) is 26.4 Å². The highest BCUT2D eigenvalue weighted by Gasteiger charge is 2.12. The number of rotatable bonds is 5. The molecule has 0 unspecified atom stereocenters. The van der Waals surface area contributed by atoms with Crippen molar-refractivity contribution in [3.05, 3.63) is 63.4 Å². The van der Waals surface area contributed by atoms with Crippen LogP contribution in [-0.2, 0) is 4.79 Å². The van der Waals surface area contributed by atoms with E-state index >= 15 is 0 Å². The number of aryl methyl sites for hydroxylation is 1. The zero-order chi connectivity index (χ0) is 18.7. The summed E-state index contributed by atoms with van der Waals surface area (Å²) in [5.41, 5.74) is 2.32. The van der Waals surface area contributed by atoms with Gasteiger partial charge in [-0.25, -0.2) is 0 Å². The van der Waals surface area contributed by atoms with Gasteiger partial charge in [0.1, 0.15) is 6.33 Å². The Labute approximate surface area is 169 Å². The van der Waals surface area contributed by atoms with Crippen molar-refractivity contribution < 1.29 is 4.79 Å². The third kappa shape index (κ3) is 4.51. The Bertz CT molecular complexity index is 961. The number of amides is 1. The number of hydrogen-bond donors (Lipinski definition) is 1. The first-order valence-corrected chi connectivity index (χ1v) is 9.60. The summed E-state index contributed by atoms with van der Waals surface area (Å²) < 4.78 is 1.78. The van der Waals surface area contributed by atoms with E-state index in [4.69, 9.17) is 34.8 Å². The molecule has 1 heterocycles. The maximum atomic E-state index is 12.2. The minimum absolute atomic E-state index is 0.150. The largest absolute Gasteiger partial charge is 0.324 e. The number of anilines is 1. The van der Waals surface area contributed by atoms with Crippen molar-refractivity contribution in [2.24, 2.45) is 0 Å². The van der Waals surface area contributed by atoms with Gasteiger partial charge >= 0.3 is 0 Å². The monoisotopic (exact) mass is 426 g/mol. The quantitative estimate of drug-likeness (QED) is 0.564. The zero-order valence-electron chi connectivity index (χ0n) is 13.5. The van der Waals surface area contributed by atoms with Crippen LogP contribution in [0.4, 0.5) is 5.69 Å². The molecule has 134 valence electrons. The Morgan fingerprint density at radius 3 is 2.69 bits per heavy atom.